The molecule has 2 N–H and O–H groups in total. The molecule has 0 fully saturated rings. The van der Waals surface area contributed by atoms with Crippen molar-refractivity contribution in [3.05, 3.63) is 53.1 Å². The second-order valence-electron chi connectivity index (χ2n) is 4.68. The van der Waals surface area contributed by atoms with Gasteiger partial charge in [0.25, 0.3) is 5.91 Å². The summed E-state index contributed by atoms with van der Waals surface area (Å²) in [6.07, 6.45) is -0.704. The number of amides is 1. The maximum Gasteiger partial charge on any atom is 0.265 e. The van der Waals surface area contributed by atoms with Gasteiger partial charge in [0, 0.05) is 5.02 Å². The van der Waals surface area contributed by atoms with Gasteiger partial charge in [-0.25, -0.2) is 0 Å². The molecule has 0 radical (unpaired) electrons. The van der Waals surface area contributed by atoms with Crippen molar-refractivity contribution in [1.82, 2.24) is 0 Å². The van der Waals surface area contributed by atoms with E-state index in [-0.39, 0.29) is 17.3 Å². The predicted octanol–water partition coefficient (Wildman–Crippen LogP) is 3.76. The molecule has 5 heteroatoms. The average molecular weight is 306 g/mol. The lowest BCUT2D eigenvalue weighted by Crippen LogP contribution is -2.30. The number of carbonyl (C=O) groups is 1. The minimum Gasteiger partial charge on any atom is -0.506 e. The van der Waals surface area contributed by atoms with E-state index in [1.807, 2.05) is 25.1 Å². The zero-order valence-electron chi connectivity index (χ0n) is 11.8. The second kappa shape index (κ2) is 6.50. The Balaban J connectivity index is 2.06. The molecule has 2 aromatic rings. The zero-order valence-corrected chi connectivity index (χ0v) is 12.5. The van der Waals surface area contributed by atoms with Gasteiger partial charge in [-0.3, -0.25) is 4.79 Å². The third-order valence-corrected chi connectivity index (χ3v) is 3.22. The highest BCUT2D eigenvalue weighted by atomic mass is 35.5. The number of aryl methyl sites for hydroxylation is 1. The second-order valence-corrected chi connectivity index (χ2v) is 5.11. The first-order valence-electron chi connectivity index (χ1n) is 6.49. The summed E-state index contributed by atoms with van der Waals surface area (Å²) in [4.78, 5) is 12.1. The summed E-state index contributed by atoms with van der Waals surface area (Å²) < 4.78 is 5.62. The first kappa shape index (κ1) is 15.2. The molecule has 0 heterocycles. The maximum absolute atomic E-state index is 12.1. The van der Waals surface area contributed by atoms with Crippen LogP contribution in [0.3, 0.4) is 0 Å². The van der Waals surface area contributed by atoms with Crippen LogP contribution in [0.15, 0.2) is 42.5 Å². The number of hydrogen-bond acceptors (Lipinski definition) is 3. The highest BCUT2D eigenvalue weighted by Crippen LogP contribution is 2.27. The highest BCUT2D eigenvalue weighted by Gasteiger charge is 2.17. The lowest BCUT2D eigenvalue weighted by molar-refractivity contribution is -0.122. The lowest BCUT2D eigenvalue weighted by Gasteiger charge is -2.16. The van der Waals surface area contributed by atoms with E-state index in [0.29, 0.717) is 10.8 Å². The molecule has 0 unspecified atom stereocenters. The molecular weight excluding hydrogens is 290 g/mol. The largest absolute Gasteiger partial charge is 0.506 e. The molecule has 110 valence electrons. The molecule has 0 aliphatic rings. The summed E-state index contributed by atoms with van der Waals surface area (Å²) in [5.41, 5.74) is 1.20. The number of phenolic OH excluding ortho intramolecular Hbond substituents is 1. The van der Waals surface area contributed by atoms with E-state index < -0.39 is 6.10 Å². The summed E-state index contributed by atoms with van der Waals surface area (Å²) in [6, 6.07) is 11.9. The summed E-state index contributed by atoms with van der Waals surface area (Å²) in [5, 5.41) is 12.7. The van der Waals surface area contributed by atoms with Crippen molar-refractivity contribution >= 4 is 23.2 Å². The first-order chi connectivity index (χ1) is 9.97. The highest BCUT2D eigenvalue weighted by molar-refractivity contribution is 6.31. The lowest BCUT2D eigenvalue weighted by atomic mass is 10.2. The summed E-state index contributed by atoms with van der Waals surface area (Å²) >= 11 is 5.84. The Kier molecular flexibility index (Phi) is 4.70. The number of anilines is 1. The minimum atomic E-state index is -0.704. The van der Waals surface area contributed by atoms with E-state index in [1.165, 1.54) is 12.1 Å². The van der Waals surface area contributed by atoms with Crippen LogP contribution in [0.4, 0.5) is 5.69 Å². The van der Waals surface area contributed by atoms with Gasteiger partial charge >= 0.3 is 0 Å². The molecule has 0 saturated heterocycles. The van der Waals surface area contributed by atoms with E-state index in [4.69, 9.17) is 16.3 Å². The monoisotopic (exact) mass is 305 g/mol. The Hall–Kier alpha value is -2.20. The molecule has 0 bridgehead atoms. The molecule has 2 aromatic carbocycles. The number of ether oxygens (including phenoxy) is 1. The third-order valence-electron chi connectivity index (χ3n) is 2.98. The van der Waals surface area contributed by atoms with Crippen LogP contribution in [-0.2, 0) is 4.79 Å². The fourth-order valence-corrected chi connectivity index (χ4v) is 1.95. The van der Waals surface area contributed by atoms with Gasteiger partial charge in [-0.2, -0.15) is 0 Å². The number of hydrogen-bond donors (Lipinski definition) is 2. The van der Waals surface area contributed by atoms with Crippen molar-refractivity contribution in [3.8, 4) is 11.5 Å². The first-order valence-corrected chi connectivity index (χ1v) is 6.87. The van der Waals surface area contributed by atoms with Gasteiger partial charge in [-0.05, 0) is 43.7 Å². The zero-order chi connectivity index (χ0) is 15.4. The van der Waals surface area contributed by atoms with E-state index in [9.17, 15) is 9.90 Å². The fourth-order valence-electron chi connectivity index (χ4n) is 1.78. The molecule has 1 amide bonds. The van der Waals surface area contributed by atoms with Crippen LogP contribution in [0.1, 0.15) is 12.5 Å². The quantitative estimate of drug-likeness (QED) is 0.846. The Morgan fingerprint density at radius 3 is 2.71 bits per heavy atom. The van der Waals surface area contributed by atoms with Gasteiger partial charge in [-0.1, -0.05) is 29.8 Å². The number of nitrogens with one attached hydrogen (secondary N) is 1. The van der Waals surface area contributed by atoms with Gasteiger partial charge in [0.05, 0.1) is 5.69 Å². The Morgan fingerprint density at radius 1 is 1.29 bits per heavy atom. The Morgan fingerprint density at radius 2 is 2.00 bits per heavy atom. The van der Waals surface area contributed by atoms with Crippen LogP contribution >= 0.6 is 11.6 Å². The SMILES string of the molecule is Cc1ccccc1O[C@@H](C)C(=O)Nc1cc(Cl)ccc1O. The molecule has 0 spiro atoms. The molecule has 0 saturated carbocycles. The van der Waals surface area contributed by atoms with Crippen LogP contribution in [0.5, 0.6) is 11.5 Å². The standard InChI is InChI=1S/C16H16ClNO3/c1-10-5-3-4-6-15(10)21-11(2)16(20)18-13-9-12(17)7-8-14(13)19/h3-9,11,19H,1-2H3,(H,18,20)/t11-/m0/s1. The van der Waals surface area contributed by atoms with Crippen LogP contribution < -0.4 is 10.1 Å². The van der Waals surface area contributed by atoms with Gasteiger partial charge in [0.2, 0.25) is 0 Å². The van der Waals surface area contributed by atoms with Crippen molar-refractivity contribution in [1.29, 1.82) is 0 Å². The molecule has 1 atom stereocenters. The minimum absolute atomic E-state index is 0.0455. The van der Waals surface area contributed by atoms with Gasteiger partial charge in [0.15, 0.2) is 6.10 Å². The predicted molar refractivity (Wildman–Crippen MR) is 83.0 cm³/mol. The number of halogens is 1. The number of para-hydroxylation sites is 1. The van der Waals surface area contributed by atoms with Crippen molar-refractivity contribution in [2.75, 3.05) is 5.32 Å². The fraction of sp³-hybridized carbons (Fsp3) is 0.188. The van der Waals surface area contributed by atoms with E-state index in [2.05, 4.69) is 5.32 Å². The Bertz CT molecular complexity index is 658. The van der Waals surface area contributed by atoms with Crippen LogP contribution in [0.25, 0.3) is 0 Å². The molecule has 0 aliphatic carbocycles. The van der Waals surface area contributed by atoms with Crippen LogP contribution in [-0.4, -0.2) is 17.1 Å². The topological polar surface area (TPSA) is 58.6 Å². The molecule has 0 aliphatic heterocycles. The van der Waals surface area contributed by atoms with Gasteiger partial charge in [0.1, 0.15) is 11.5 Å². The van der Waals surface area contributed by atoms with Crippen molar-refractivity contribution in [3.63, 3.8) is 0 Å². The van der Waals surface area contributed by atoms with Crippen molar-refractivity contribution < 1.29 is 14.6 Å². The summed E-state index contributed by atoms with van der Waals surface area (Å²) in [5.74, 6) is 0.238. The summed E-state index contributed by atoms with van der Waals surface area (Å²) in [7, 11) is 0. The van der Waals surface area contributed by atoms with E-state index >= 15 is 0 Å². The smallest absolute Gasteiger partial charge is 0.265 e. The van der Waals surface area contributed by atoms with Gasteiger partial charge in [-0.15, -0.1) is 0 Å². The molecule has 0 aromatic heterocycles. The number of phenols is 1. The third kappa shape index (κ3) is 3.89. The number of carbonyl (C=O) groups excluding carboxylic acids is 1. The number of benzene rings is 2. The maximum atomic E-state index is 12.1. The number of rotatable bonds is 4. The van der Waals surface area contributed by atoms with Crippen LogP contribution in [0.2, 0.25) is 5.02 Å². The Labute approximate surface area is 128 Å². The van der Waals surface area contributed by atoms with Gasteiger partial charge < -0.3 is 15.2 Å². The van der Waals surface area contributed by atoms with Crippen molar-refractivity contribution in [2.24, 2.45) is 0 Å². The van der Waals surface area contributed by atoms with Crippen molar-refractivity contribution in [2.45, 2.75) is 20.0 Å². The van der Waals surface area contributed by atoms with E-state index in [0.717, 1.165) is 5.56 Å². The van der Waals surface area contributed by atoms with E-state index in [1.54, 1.807) is 19.1 Å². The molecule has 21 heavy (non-hydrogen) atoms. The molecule has 2 rings (SSSR count). The average Bonchev–Trinajstić information content (AvgIpc) is 2.45. The normalized spacial score (nSPS) is 11.8. The molecular formula is C16H16ClNO3. The molecule has 4 nitrogen and oxygen atoms in total. The number of aromatic hydroxyl groups is 1. The summed E-state index contributed by atoms with van der Waals surface area (Å²) in [6.45, 7) is 3.55. The van der Waals surface area contributed by atoms with Crippen LogP contribution in [0, 0.1) is 6.92 Å².